The summed E-state index contributed by atoms with van der Waals surface area (Å²) < 4.78 is 13.3. The second-order valence-corrected chi connectivity index (χ2v) is 4.71. The maximum Gasteiger partial charge on any atom is 0.123 e. The van der Waals surface area contributed by atoms with E-state index in [1.54, 1.807) is 6.07 Å². The van der Waals surface area contributed by atoms with Crippen molar-refractivity contribution in [1.82, 2.24) is 0 Å². The smallest absolute Gasteiger partial charge is 0.123 e. The lowest BCUT2D eigenvalue weighted by Gasteiger charge is -2.20. The van der Waals surface area contributed by atoms with Crippen LogP contribution in [-0.4, -0.2) is 6.54 Å². The summed E-state index contributed by atoms with van der Waals surface area (Å²) in [5, 5.41) is 9.09. The van der Waals surface area contributed by atoms with E-state index in [0.29, 0.717) is 12.1 Å². The maximum atomic E-state index is 13.3. The lowest BCUT2D eigenvalue weighted by molar-refractivity contribution is 0.624. The van der Waals surface area contributed by atoms with Crippen LogP contribution in [0.15, 0.2) is 42.5 Å². The van der Waals surface area contributed by atoms with Crippen molar-refractivity contribution in [2.45, 2.75) is 13.0 Å². The lowest BCUT2D eigenvalue weighted by atomic mass is 10.1. The first-order valence-corrected chi connectivity index (χ1v) is 6.29. The summed E-state index contributed by atoms with van der Waals surface area (Å²) in [6.07, 6.45) is 1.01. The quantitative estimate of drug-likeness (QED) is 0.820. The van der Waals surface area contributed by atoms with Gasteiger partial charge in [-0.1, -0.05) is 18.2 Å². The van der Waals surface area contributed by atoms with E-state index < -0.39 is 0 Å². The molecule has 0 aliphatic carbocycles. The standard InChI is InChI=1S/C16H13FN2/c17-15-6-5-13(10-18)14(9-15)11-19-8-7-12-3-1-2-4-16(12)19/h1-6,9H,7-8,11H2. The fourth-order valence-electron chi connectivity index (χ4n) is 2.58. The number of nitrogens with zero attached hydrogens (tertiary/aromatic N) is 2. The molecule has 0 N–H and O–H groups in total. The Kier molecular flexibility index (Phi) is 2.92. The highest BCUT2D eigenvalue weighted by molar-refractivity contribution is 5.58. The van der Waals surface area contributed by atoms with Gasteiger partial charge in [0, 0.05) is 18.8 Å². The molecule has 3 rings (SSSR count). The van der Waals surface area contributed by atoms with E-state index in [9.17, 15) is 4.39 Å². The van der Waals surface area contributed by atoms with Crippen molar-refractivity contribution in [1.29, 1.82) is 5.26 Å². The van der Waals surface area contributed by atoms with Gasteiger partial charge >= 0.3 is 0 Å². The summed E-state index contributed by atoms with van der Waals surface area (Å²) in [4.78, 5) is 2.20. The molecule has 1 aliphatic rings. The van der Waals surface area contributed by atoms with Gasteiger partial charge in [-0.3, -0.25) is 0 Å². The number of fused-ring (bicyclic) bond motifs is 1. The Morgan fingerprint density at radius 3 is 2.89 bits per heavy atom. The van der Waals surface area contributed by atoms with Crippen molar-refractivity contribution in [3.63, 3.8) is 0 Å². The fraction of sp³-hybridized carbons (Fsp3) is 0.188. The van der Waals surface area contributed by atoms with Gasteiger partial charge in [-0.05, 0) is 41.8 Å². The third-order valence-electron chi connectivity index (χ3n) is 3.53. The molecule has 0 saturated heterocycles. The molecule has 0 amide bonds. The first kappa shape index (κ1) is 11.7. The molecule has 0 fully saturated rings. The minimum absolute atomic E-state index is 0.290. The molecule has 0 aromatic heterocycles. The molecule has 1 aliphatic heterocycles. The largest absolute Gasteiger partial charge is 0.367 e. The fourth-order valence-corrected chi connectivity index (χ4v) is 2.58. The lowest BCUT2D eigenvalue weighted by Crippen LogP contribution is -2.20. The number of anilines is 1. The molecule has 0 spiro atoms. The van der Waals surface area contributed by atoms with Crippen LogP contribution in [0.25, 0.3) is 0 Å². The van der Waals surface area contributed by atoms with Gasteiger partial charge in [0.2, 0.25) is 0 Å². The van der Waals surface area contributed by atoms with Crippen molar-refractivity contribution < 1.29 is 4.39 Å². The van der Waals surface area contributed by atoms with Crippen LogP contribution in [0.1, 0.15) is 16.7 Å². The van der Waals surface area contributed by atoms with E-state index in [0.717, 1.165) is 18.5 Å². The molecule has 1 heterocycles. The van der Waals surface area contributed by atoms with Crippen LogP contribution in [0.3, 0.4) is 0 Å². The van der Waals surface area contributed by atoms with Crippen LogP contribution in [-0.2, 0) is 13.0 Å². The molecule has 0 bridgehead atoms. The minimum atomic E-state index is -0.290. The molecular formula is C16H13FN2. The molecule has 2 aromatic carbocycles. The highest BCUT2D eigenvalue weighted by atomic mass is 19.1. The number of para-hydroxylation sites is 1. The molecule has 2 aromatic rings. The van der Waals surface area contributed by atoms with Gasteiger partial charge in [-0.15, -0.1) is 0 Å². The van der Waals surface area contributed by atoms with Crippen LogP contribution in [0.4, 0.5) is 10.1 Å². The summed E-state index contributed by atoms with van der Waals surface area (Å²) >= 11 is 0. The predicted octanol–water partition coefficient (Wildman–Crippen LogP) is 3.26. The third kappa shape index (κ3) is 2.17. The summed E-state index contributed by atoms with van der Waals surface area (Å²) in [5.74, 6) is -0.290. The highest BCUT2D eigenvalue weighted by Crippen LogP contribution is 2.29. The molecule has 0 atom stereocenters. The molecule has 2 nitrogen and oxygen atoms in total. The summed E-state index contributed by atoms with van der Waals surface area (Å²) in [7, 11) is 0. The van der Waals surface area contributed by atoms with Crippen LogP contribution in [0.5, 0.6) is 0 Å². The minimum Gasteiger partial charge on any atom is -0.367 e. The van der Waals surface area contributed by atoms with Gasteiger partial charge in [0.15, 0.2) is 0 Å². The molecule has 0 unspecified atom stereocenters. The van der Waals surface area contributed by atoms with Gasteiger partial charge in [0.05, 0.1) is 11.6 Å². The average Bonchev–Trinajstić information content (AvgIpc) is 2.83. The predicted molar refractivity (Wildman–Crippen MR) is 72.3 cm³/mol. The average molecular weight is 252 g/mol. The zero-order valence-corrected chi connectivity index (χ0v) is 10.4. The first-order valence-electron chi connectivity index (χ1n) is 6.29. The normalized spacial score (nSPS) is 13.2. The number of benzene rings is 2. The Morgan fingerprint density at radius 1 is 1.21 bits per heavy atom. The number of halogens is 1. The number of nitriles is 1. The number of hydrogen-bond donors (Lipinski definition) is 0. The van der Waals surface area contributed by atoms with E-state index >= 15 is 0 Å². The Morgan fingerprint density at radius 2 is 2.05 bits per heavy atom. The van der Waals surface area contributed by atoms with Crippen LogP contribution < -0.4 is 4.90 Å². The summed E-state index contributed by atoms with van der Waals surface area (Å²) in [6.45, 7) is 1.50. The van der Waals surface area contributed by atoms with Crippen LogP contribution >= 0.6 is 0 Å². The Bertz CT molecular complexity index is 658. The second kappa shape index (κ2) is 4.74. The third-order valence-corrected chi connectivity index (χ3v) is 3.53. The van der Waals surface area contributed by atoms with Gasteiger partial charge in [-0.25, -0.2) is 4.39 Å². The van der Waals surface area contributed by atoms with Crippen molar-refractivity contribution in [2.24, 2.45) is 0 Å². The van der Waals surface area contributed by atoms with Crippen molar-refractivity contribution in [3.05, 3.63) is 65.0 Å². The molecule has 0 radical (unpaired) electrons. The maximum absolute atomic E-state index is 13.3. The Balaban J connectivity index is 1.92. The van der Waals surface area contributed by atoms with E-state index in [2.05, 4.69) is 23.1 Å². The van der Waals surface area contributed by atoms with Crippen molar-refractivity contribution >= 4 is 5.69 Å². The zero-order valence-electron chi connectivity index (χ0n) is 10.4. The molecular weight excluding hydrogens is 239 g/mol. The van der Waals surface area contributed by atoms with Crippen LogP contribution in [0, 0.1) is 17.1 Å². The Labute approximate surface area is 111 Å². The zero-order chi connectivity index (χ0) is 13.2. The van der Waals surface area contributed by atoms with Gasteiger partial charge in [-0.2, -0.15) is 5.26 Å². The van der Waals surface area contributed by atoms with E-state index in [1.807, 2.05) is 12.1 Å². The second-order valence-electron chi connectivity index (χ2n) is 4.71. The van der Waals surface area contributed by atoms with E-state index in [-0.39, 0.29) is 5.82 Å². The summed E-state index contributed by atoms with van der Waals surface area (Å²) in [5.41, 5.74) is 3.80. The number of hydrogen-bond acceptors (Lipinski definition) is 2. The van der Waals surface area contributed by atoms with Crippen molar-refractivity contribution in [3.8, 4) is 6.07 Å². The van der Waals surface area contributed by atoms with E-state index in [1.165, 1.54) is 23.4 Å². The highest BCUT2D eigenvalue weighted by Gasteiger charge is 2.19. The molecule has 3 heteroatoms. The van der Waals surface area contributed by atoms with E-state index in [4.69, 9.17) is 5.26 Å². The number of rotatable bonds is 2. The molecule has 0 saturated carbocycles. The Hall–Kier alpha value is -2.34. The first-order chi connectivity index (χ1) is 9.28. The molecule has 94 valence electrons. The summed E-state index contributed by atoms with van der Waals surface area (Å²) in [6, 6.07) is 14.7. The SMILES string of the molecule is N#Cc1ccc(F)cc1CN1CCc2ccccc21. The van der Waals surface area contributed by atoms with Gasteiger partial charge < -0.3 is 4.90 Å². The van der Waals surface area contributed by atoms with Crippen molar-refractivity contribution in [2.75, 3.05) is 11.4 Å². The van der Waals surface area contributed by atoms with Gasteiger partial charge in [0.1, 0.15) is 5.82 Å². The van der Waals surface area contributed by atoms with Gasteiger partial charge in [0.25, 0.3) is 0 Å². The molecule has 19 heavy (non-hydrogen) atoms. The van der Waals surface area contributed by atoms with Crippen LogP contribution in [0.2, 0.25) is 0 Å². The topological polar surface area (TPSA) is 27.0 Å². The monoisotopic (exact) mass is 252 g/mol.